The van der Waals surface area contributed by atoms with Gasteiger partial charge in [0, 0.05) is 44.5 Å². The van der Waals surface area contributed by atoms with Crippen LogP contribution in [-0.4, -0.2) is 60.4 Å². The van der Waals surface area contributed by atoms with Gasteiger partial charge in [-0.05, 0) is 86.6 Å². The van der Waals surface area contributed by atoms with Gasteiger partial charge >= 0.3 is 0 Å². The summed E-state index contributed by atoms with van der Waals surface area (Å²) in [4.78, 5) is 32.6. The summed E-state index contributed by atoms with van der Waals surface area (Å²) >= 11 is 0. The van der Waals surface area contributed by atoms with E-state index in [1.807, 2.05) is 12.1 Å². The molecule has 0 spiro atoms. The van der Waals surface area contributed by atoms with E-state index in [9.17, 15) is 9.59 Å². The summed E-state index contributed by atoms with van der Waals surface area (Å²) in [7, 11) is 0. The SMILES string of the molecule is Cc1cccc(N2CCN(CC3CC4CC(N5C(=O)c6ccccc6C5=O)CC4C3)CC2)c1C. The van der Waals surface area contributed by atoms with Gasteiger partial charge in [-0.15, -0.1) is 0 Å². The maximum Gasteiger partial charge on any atom is 0.261 e. The smallest absolute Gasteiger partial charge is 0.261 e. The molecule has 0 N–H and O–H groups in total. The van der Waals surface area contributed by atoms with Crippen LogP contribution >= 0.6 is 0 Å². The first-order valence-electron chi connectivity index (χ1n) is 13.0. The van der Waals surface area contributed by atoms with Crippen molar-refractivity contribution in [3.63, 3.8) is 0 Å². The fourth-order valence-corrected chi connectivity index (χ4v) is 7.22. The average Bonchev–Trinajstić information content (AvgIpc) is 3.47. The third kappa shape index (κ3) is 3.65. The van der Waals surface area contributed by atoms with Gasteiger partial charge in [0.05, 0.1) is 11.1 Å². The number of aryl methyl sites for hydroxylation is 1. The Labute approximate surface area is 202 Å². The molecule has 5 heteroatoms. The molecule has 2 aliphatic heterocycles. The van der Waals surface area contributed by atoms with E-state index in [0.717, 1.165) is 44.9 Å². The number of carbonyl (C=O) groups excluding carboxylic acids is 2. The molecule has 2 amide bonds. The highest BCUT2D eigenvalue weighted by Gasteiger charge is 2.48. The van der Waals surface area contributed by atoms with Gasteiger partial charge < -0.3 is 4.90 Å². The molecule has 2 unspecified atom stereocenters. The molecule has 178 valence electrons. The predicted octanol–water partition coefficient (Wildman–Crippen LogP) is 4.53. The van der Waals surface area contributed by atoms with Crippen LogP contribution in [0.1, 0.15) is 57.5 Å². The highest BCUT2D eigenvalue weighted by molar-refractivity contribution is 6.21. The molecule has 0 radical (unpaired) electrons. The van der Waals surface area contributed by atoms with Gasteiger partial charge in [-0.3, -0.25) is 19.4 Å². The van der Waals surface area contributed by atoms with Crippen molar-refractivity contribution in [1.82, 2.24) is 9.80 Å². The van der Waals surface area contributed by atoms with Gasteiger partial charge in [0.2, 0.25) is 0 Å². The summed E-state index contributed by atoms with van der Waals surface area (Å²) in [5.41, 5.74) is 5.35. The highest BCUT2D eigenvalue weighted by Crippen LogP contribution is 2.49. The van der Waals surface area contributed by atoms with Gasteiger partial charge in [-0.25, -0.2) is 0 Å². The molecule has 2 aromatic carbocycles. The molecule has 2 atom stereocenters. The van der Waals surface area contributed by atoms with Gasteiger partial charge in [-0.1, -0.05) is 24.3 Å². The van der Waals surface area contributed by atoms with Crippen LogP contribution in [0.2, 0.25) is 0 Å². The standard InChI is InChI=1S/C29H35N3O2/c1-19-6-5-9-27(20(19)2)31-12-10-30(11-13-31)18-21-14-22-16-24(17-23(22)15-21)32-28(33)25-7-3-4-8-26(25)29(32)34/h3-9,21-24H,10-18H2,1-2H3. The number of nitrogens with zero attached hydrogens (tertiary/aromatic N) is 3. The fourth-order valence-electron chi connectivity index (χ4n) is 7.22. The number of benzene rings is 2. The molecule has 34 heavy (non-hydrogen) atoms. The van der Waals surface area contributed by atoms with Crippen molar-refractivity contribution in [2.45, 2.75) is 45.6 Å². The zero-order chi connectivity index (χ0) is 23.4. The molecule has 2 aromatic rings. The van der Waals surface area contributed by atoms with Crippen molar-refractivity contribution in [1.29, 1.82) is 0 Å². The van der Waals surface area contributed by atoms with Crippen molar-refractivity contribution in [3.05, 3.63) is 64.7 Å². The van der Waals surface area contributed by atoms with Crippen LogP contribution < -0.4 is 4.90 Å². The van der Waals surface area contributed by atoms with Crippen molar-refractivity contribution in [3.8, 4) is 0 Å². The summed E-state index contributed by atoms with van der Waals surface area (Å²) in [6.45, 7) is 10.1. The Morgan fingerprint density at radius 3 is 2.00 bits per heavy atom. The highest BCUT2D eigenvalue weighted by atomic mass is 16.2. The summed E-state index contributed by atoms with van der Waals surface area (Å²) < 4.78 is 0. The van der Waals surface area contributed by atoms with Crippen molar-refractivity contribution in [2.24, 2.45) is 17.8 Å². The van der Waals surface area contributed by atoms with E-state index in [-0.39, 0.29) is 17.9 Å². The Kier molecular flexibility index (Phi) is 5.48. The number of fused-ring (bicyclic) bond motifs is 2. The maximum absolute atomic E-state index is 12.9. The van der Waals surface area contributed by atoms with E-state index >= 15 is 0 Å². The lowest BCUT2D eigenvalue weighted by atomic mass is 10.00. The van der Waals surface area contributed by atoms with Crippen LogP contribution in [0.5, 0.6) is 0 Å². The molecular formula is C29H35N3O2. The molecule has 2 aliphatic carbocycles. The Balaban J connectivity index is 1.02. The average molecular weight is 458 g/mol. The predicted molar refractivity (Wildman–Crippen MR) is 134 cm³/mol. The van der Waals surface area contributed by atoms with Crippen molar-refractivity contribution in [2.75, 3.05) is 37.6 Å². The van der Waals surface area contributed by atoms with E-state index in [1.165, 1.54) is 36.2 Å². The largest absolute Gasteiger partial charge is 0.369 e. The van der Waals surface area contributed by atoms with Crippen LogP contribution in [-0.2, 0) is 0 Å². The van der Waals surface area contributed by atoms with Crippen molar-refractivity contribution < 1.29 is 9.59 Å². The molecule has 2 saturated carbocycles. The number of piperazine rings is 1. The third-order valence-corrected chi connectivity index (χ3v) is 9.08. The van der Waals surface area contributed by atoms with Crippen LogP contribution in [0.3, 0.4) is 0 Å². The number of imide groups is 1. The first kappa shape index (κ1) is 21.8. The topological polar surface area (TPSA) is 43.9 Å². The minimum Gasteiger partial charge on any atom is -0.369 e. The normalized spacial score (nSPS) is 29.1. The number of carbonyl (C=O) groups is 2. The first-order valence-corrected chi connectivity index (χ1v) is 13.0. The second kappa shape index (κ2) is 8.53. The summed E-state index contributed by atoms with van der Waals surface area (Å²) in [6, 6.07) is 14.0. The second-order valence-electron chi connectivity index (χ2n) is 11.0. The van der Waals surface area contributed by atoms with Crippen LogP contribution in [0.4, 0.5) is 5.69 Å². The number of anilines is 1. The Morgan fingerprint density at radius 2 is 1.38 bits per heavy atom. The Hall–Kier alpha value is -2.66. The van der Waals surface area contributed by atoms with E-state index < -0.39 is 0 Å². The zero-order valence-electron chi connectivity index (χ0n) is 20.4. The van der Waals surface area contributed by atoms with Gasteiger partial charge in [-0.2, -0.15) is 0 Å². The minimum atomic E-state index is -0.0798. The van der Waals surface area contributed by atoms with Crippen molar-refractivity contribution >= 4 is 17.5 Å². The molecule has 2 heterocycles. The van der Waals surface area contributed by atoms with E-state index in [4.69, 9.17) is 0 Å². The van der Waals surface area contributed by atoms with E-state index in [0.29, 0.717) is 23.0 Å². The summed E-state index contributed by atoms with van der Waals surface area (Å²) in [6.07, 6.45) is 4.49. The van der Waals surface area contributed by atoms with E-state index in [1.54, 1.807) is 17.0 Å². The molecule has 6 rings (SSSR count). The van der Waals surface area contributed by atoms with Crippen LogP contribution in [0.15, 0.2) is 42.5 Å². The first-order chi connectivity index (χ1) is 16.5. The molecule has 4 aliphatic rings. The minimum absolute atomic E-state index is 0.0798. The van der Waals surface area contributed by atoms with E-state index in [2.05, 4.69) is 41.8 Å². The monoisotopic (exact) mass is 457 g/mol. The third-order valence-electron chi connectivity index (χ3n) is 9.08. The van der Waals surface area contributed by atoms with Gasteiger partial charge in [0.1, 0.15) is 0 Å². The lowest BCUT2D eigenvalue weighted by Crippen LogP contribution is -2.48. The zero-order valence-corrected chi connectivity index (χ0v) is 20.4. The van der Waals surface area contributed by atoms with Gasteiger partial charge in [0.25, 0.3) is 11.8 Å². The molecule has 0 aromatic heterocycles. The van der Waals surface area contributed by atoms with Crippen LogP contribution in [0, 0.1) is 31.6 Å². The lowest BCUT2D eigenvalue weighted by molar-refractivity contribution is 0.0579. The molecular weight excluding hydrogens is 422 g/mol. The number of hydrogen-bond donors (Lipinski definition) is 0. The molecule has 3 fully saturated rings. The Bertz CT molecular complexity index is 1070. The van der Waals surface area contributed by atoms with Gasteiger partial charge in [0.15, 0.2) is 0 Å². The number of rotatable bonds is 4. The molecule has 0 bridgehead atoms. The number of hydrogen-bond acceptors (Lipinski definition) is 4. The molecule has 1 saturated heterocycles. The number of amides is 2. The summed E-state index contributed by atoms with van der Waals surface area (Å²) in [5, 5.41) is 0. The quantitative estimate of drug-likeness (QED) is 0.633. The fraction of sp³-hybridized carbons (Fsp3) is 0.517. The van der Waals surface area contributed by atoms with Crippen LogP contribution in [0.25, 0.3) is 0 Å². The Morgan fingerprint density at radius 1 is 0.765 bits per heavy atom. The summed E-state index contributed by atoms with van der Waals surface area (Å²) in [5.74, 6) is 1.92. The molecule has 5 nitrogen and oxygen atoms in total. The second-order valence-corrected chi connectivity index (χ2v) is 11.0. The lowest BCUT2D eigenvalue weighted by Gasteiger charge is -2.38. The maximum atomic E-state index is 12.9.